The van der Waals surface area contributed by atoms with E-state index in [0.717, 1.165) is 11.1 Å². The molecule has 1 atom stereocenters. The summed E-state index contributed by atoms with van der Waals surface area (Å²) in [5, 5.41) is 4.81. The van der Waals surface area contributed by atoms with Crippen LogP contribution in [0.15, 0.2) is 72.1 Å². The second kappa shape index (κ2) is 7.01. The largest absolute Gasteiger partial charge is 0.612 e. The molecule has 0 radical (unpaired) electrons. The normalized spacial score (nSPS) is 12.8. The molecule has 3 heteroatoms. The van der Waals surface area contributed by atoms with Gasteiger partial charge in [0.05, 0.1) is 0 Å². The number of benzene rings is 3. The van der Waals surface area contributed by atoms with E-state index in [4.69, 9.17) is 11.6 Å². The van der Waals surface area contributed by atoms with Crippen LogP contribution in [-0.2, 0) is 16.9 Å². The van der Waals surface area contributed by atoms with Crippen LogP contribution in [-0.4, -0.2) is 4.55 Å². The number of hydrogen-bond acceptors (Lipinski definition) is 1. The number of hydrogen-bond donors (Lipinski definition) is 0. The van der Waals surface area contributed by atoms with E-state index in [1.807, 2.05) is 54.6 Å². The Morgan fingerprint density at radius 2 is 1.64 bits per heavy atom. The molecule has 0 aliphatic heterocycles. The van der Waals surface area contributed by atoms with Gasteiger partial charge < -0.3 is 4.55 Å². The van der Waals surface area contributed by atoms with Crippen LogP contribution in [0.5, 0.6) is 0 Å². The molecule has 0 heterocycles. The third-order valence-corrected chi connectivity index (χ3v) is 4.75. The maximum Gasteiger partial charge on any atom is 0.135 e. The summed E-state index contributed by atoms with van der Waals surface area (Å²) in [5.41, 5.74) is 2.10. The highest BCUT2D eigenvalue weighted by molar-refractivity contribution is 7.93. The monoisotopic (exact) mass is 326 g/mol. The zero-order valence-corrected chi connectivity index (χ0v) is 13.5. The molecule has 0 amide bonds. The smallest absolute Gasteiger partial charge is 0.135 e. The van der Waals surface area contributed by atoms with Crippen molar-refractivity contribution in [1.29, 1.82) is 0 Å². The molecule has 0 spiro atoms. The van der Waals surface area contributed by atoms with Gasteiger partial charge in [0.25, 0.3) is 0 Å². The van der Waals surface area contributed by atoms with E-state index >= 15 is 0 Å². The SMILES string of the molecule is [O-][S+](/C=C/c1cccc2ccccc12)Cc1ccc(Cl)cc1. The van der Waals surface area contributed by atoms with Crippen LogP contribution in [0.3, 0.4) is 0 Å². The van der Waals surface area contributed by atoms with Gasteiger partial charge in [0.1, 0.15) is 11.2 Å². The van der Waals surface area contributed by atoms with E-state index in [2.05, 4.69) is 18.2 Å². The van der Waals surface area contributed by atoms with Gasteiger partial charge in [0.15, 0.2) is 0 Å². The molecule has 0 bridgehead atoms. The van der Waals surface area contributed by atoms with Gasteiger partial charge in [-0.1, -0.05) is 66.2 Å². The predicted octanol–water partition coefficient (Wildman–Crippen LogP) is 5.41. The van der Waals surface area contributed by atoms with Crippen molar-refractivity contribution in [2.24, 2.45) is 0 Å². The highest BCUT2D eigenvalue weighted by Gasteiger charge is 2.05. The third-order valence-electron chi connectivity index (χ3n) is 3.44. The Labute approximate surface area is 138 Å². The lowest BCUT2D eigenvalue weighted by atomic mass is 10.1. The summed E-state index contributed by atoms with van der Waals surface area (Å²) in [4.78, 5) is 0. The van der Waals surface area contributed by atoms with Crippen molar-refractivity contribution in [2.45, 2.75) is 5.75 Å². The van der Waals surface area contributed by atoms with E-state index in [1.54, 1.807) is 5.41 Å². The second-order valence-corrected chi connectivity index (χ2v) is 6.78. The van der Waals surface area contributed by atoms with E-state index in [-0.39, 0.29) is 0 Å². The van der Waals surface area contributed by atoms with E-state index in [1.165, 1.54) is 10.8 Å². The molecule has 3 rings (SSSR count). The molecule has 0 saturated carbocycles. The summed E-state index contributed by atoms with van der Waals surface area (Å²) >= 11 is 4.81. The summed E-state index contributed by atoms with van der Waals surface area (Å²) in [6, 6.07) is 21.8. The molecule has 22 heavy (non-hydrogen) atoms. The Bertz CT molecular complexity index is 791. The molecular formula is C19H15ClOS. The van der Waals surface area contributed by atoms with Crippen LogP contribution < -0.4 is 0 Å². The molecule has 1 unspecified atom stereocenters. The Balaban J connectivity index is 1.76. The zero-order valence-electron chi connectivity index (χ0n) is 11.9. The lowest BCUT2D eigenvalue weighted by Gasteiger charge is -2.06. The van der Waals surface area contributed by atoms with Crippen LogP contribution in [0, 0.1) is 0 Å². The van der Waals surface area contributed by atoms with Gasteiger partial charge in [-0.3, -0.25) is 0 Å². The van der Waals surface area contributed by atoms with Crippen molar-refractivity contribution >= 4 is 39.6 Å². The van der Waals surface area contributed by atoms with Crippen LogP contribution in [0.25, 0.3) is 16.8 Å². The van der Waals surface area contributed by atoms with Gasteiger partial charge in [0.2, 0.25) is 0 Å². The summed E-state index contributed by atoms with van der Waals surface area (Å²) in [6.07, 6.45) is 1.94. The standard InChI is InChI=1S/C19H15ClOS/c20-18-10-8-15(9-11-18)14-22(21)13-12-17-6-3-5-16-4-1-2-7-19(16)17/h1-13H,14H2/b13-12+. The zero-order chi connectivity index (χ0) is 15.4. The minimum Gasteiger partial charge on any atom is -0.612 e. The maximum absolute atomic E-state index is 12.2. The van der Waals surface area contributed by atoms with E-state index < -0.39 is 11.2 Å². The fourth-order valence-electron chi connectivity index (χ4n) is 2.34. The Morgan fingerprint density at radius 1 is 0.909 bits per heavy atom. The molecule has 0 fully saturated rings. The average molecular weight is 327 g/mol. The Kier molecular flexibility index (Phi) is 4.84. The Morgan fingerprint density at radius 3 is 2.45 bits per heavy atom. The third kappa shape index (κ3) is 3.72. The van der Waals surface area contributed by atoms with Crippen LogP contribution in [0.2, 0.25) is 5.02 Å². The number of halogens is 1. The highest BCUT2D eigenvalue weighted by atomic mass is 35.5. The number of fused-ring (bicyclic) bond motifs is 1. The van der Waals surface area contributed by atoms with Crippen LogP contribution >= 0.6 is 11.6 Å². The predicted molar refractivity (Wildman–Crippen MR) is 96.3 cm³/mol. The molecule has 110 valence electrons. The highest BCUT2D eigenvalue weighted by Crippen LogP contribution is 2.20. The van der Waals surface area contributed by atoms with E-state index in [9.17, 15) is 4.55 Å². The lowest BCUT2D eigenvalue weighted by Crippen LogP contribution is -1.99. The van der Waals surface area contributed by atoms with Crippen molar-refractivity contribution < 1.29 is 4.55 Å². The van der Waals surface area contributed by atoms with Gasteiger partial charge in [0, 0.05) is 10.6 Å². The van der Waals surface area contributed by atoms with Gasteiger partial charge >= 0.3 is 0 Å². The van der Waals surface area contributed by atoms with E-state index in [0.29, 0.717) is 10.8 Å². The molecule has 0 saturated heterocycles. The number of rotatable bonds is 4. The van der Waals surface area contributed by atoms with Crippen LogP contribution in [0.1, 0.15) is 11.1 Å². The van der Waals surface area contributed by atoms with Gasteiger partial charge in [-0.2, -0.15) is 0 Å². The fourth-order valence-corrected chi connectivity index (χ4v) is 3.38. The lowest BCUT2D eigenvalue weighted by molar-refractivity contribution is 0.603. The first-order chi connectivity index (χ1) is 10.7. The molecular weight excluding hydrogens is 312 g/mol. The van der Waals surface area contributed by atoms with Crippen molar-refractivity contribution in [2.75, 3.05) is 0 Å². The molecule has 0 aliphatic rings. The molecule has 0 N–H and O–H groups in total. The summed E-state index contributed by atoms with van der Waals surface area (Å²) < 4.78 is 12.2. The Hall–Kier alpha value is -1.74. The van der Waals surface area contributed by atoms with Crippen molar-refractivity contribution in [3.8, 4) is 0 Å². The topological polar surface area (TPSA) is 23.1 Å². The van der Waals surface area contributed by atoms with Crippen molar-refractivity contribution in [1.82, 2.24) is 0 Å². The average Bonchev–Trinajstić information content (AvgIpc) is 2.55. The molecule has 3 aromatic rings. The molecule has 0 aliphatic carbocycles. The van der Waals surface area contributed by atoms with Crippen LogP contribution in [0.4, 0.5) is 0 Å². The van der Waals surface area contributed by atoms with Gasteiger partial charge in [-0.05, 0) is 45.7 Å². The molecule has 0 aromatic heterocycles. The van der Waals surface area contributed by atoms with Gasteiger partial charge in [-0.15, -0.1) is 0 Å². The minimum atomic E-state index is -1.04. The molecule has 3 aromatic carbocycles. The first-order valence-electron chi connectivity index (χ1n) is 7.00. The van der Waals surface area contributed by atoms with Crippen molar-refractivity contribution in [3.63, 3.8) is 0 Å². The minimum absolute atomic E-state index is 0.498. The second-order valence-electron chi connectivity index (χ2n) is 5.02. The molecule has 1 nitrogen and oxygen atoms in total. The summed E-state index contributed by atoms with van der Waals surface area (Å²) in [5.74, 6) is 0.498. The first kappa shape index (κ1) is 15.2. The van der Waals surface area contributed by atoms with Crippen molar-refractivity contribution in [3.05, 3.63) is 88.3 Å². The maximum atomic E-state index is 12.2. The summed E-state index contributed by atoms with van der Waals surface area (Å²) in [7, 11) is 0. The quantitative estimate of drug-likeness (QED) is 0.588. The first-order valence-corrected chi connectivity index (χ1v) is 8.76. The van der Waals surface area contributed by atoms with Gasteiger partial charge in [-0.25, -0.2) is 0 Å². The summed E-state index contributed by atoms with van der Waals surface area (Å²) in [6.45, 7) is 0. The fraction of sp³-hybridized carbons (Fsp3) is 0.0526.